The largest absolute Gasteiger partial charge is 0.417 e. The first-order valence-electron chi connectivity index (χ1n) is 9.90. The van der Waals surface area contributed by atoms with Crippen LogP contribution in [0.2, 0.25) is 10.0 Å². The smallest absolute Gasteiger partial charge is 0.348 e. The second-order valence-electron chi connectivity index (χ2n) is 7.94. The number of halogens is 6. The summed E-state index contributed by atoms with van der Waals surface area (Å²) in [6, 6.07) is 10.3. The molecule has 31 heavy (non-hydrogen) atoms. The maximum Gasteiger partial charge on any atom is 0.417 e. The van der Waals surface area contributed by atoms with Crippen LogP contribution in [0, 0.1) is 5.92 Å². The topological polar surface area (TPSA) is 32.3 Å². The lowest BCUT2D eigenvalue weighted by Gasteiger charge is -2.45. The van der Waals surface area contributed by atoms with Crippen LogP contribution in [0.4, 0.5) is 13.2 Å². The van der Waals surface area contributed by atoms with Gasteiger partial charge in [-0.2, -0.15) is 13.2 Å². The number of carbonyl (C=O) groups is 1. The molecule has 3 fully saturated rings. The molecule has 1 unspecified atom stereocenters. The van der Waals surface area contributed by atoms with Crippen LogP contribution in [0.15, 0.2) is 36.4 Å². The summed E-state index contributed by atoms with van der Waals surface area (Å²) in [5.74, 6) is 0.0665. The Labute approximate surface area is 195 Å². The zero-order chi connectivity index (χ0) is 21.5. The van der Waals surface area contributed by atoms with Crippen LogP contribution in [0.1, 0.15) is 52.4 Å². The van der Waals surface area contributed by atoms with Crippen molar-refractivity contribution in [3.8, 4) is 0 Å². The molecule has 168 valence electrons. The molecule has 9 heteroatoms. The Morgan fingerprint density at radius 1 is 1.06 bits per heavy atom. The molecule has 3 nitrogen and oxygen atoms in total. The van der Waals surface area contributed by atoms with E-state index in [4.69, 9.17) is 23.2 Å². The molecule has 3 heterocycles. The zero-order valence-corrected chi connectivity index (χ0v) is 18.8. The highest BCUT2D eigenvalue weighted by atomic mass is 35.5. The average Bonchev–Trinajstić information content (AvgIpc) is 2.72. The molecular weight excluding hydrogens is 472 g/mol. The lowest BCUT2D eigenvalue weighted by Crippen LogP contribution is -2.43. The molecule has 2 bridgehead atoms. The van der Waals surface area contributed by atoms with Crippen LogP contribution in [-0.4, -0.2) is 23.9 Å². The van der Waals surface area contributed by atoms with Crippen LogP contribution in [0.3, 0.4) is 0 Å². The predicted molar refractivity (Wildman–Crippen MR) is 118 cm³/mol. The summed E-state index contributed by atoms with van der Waals surface area (Å²) in [5.41, 5.74) is 0.663. The Morgan fingerprint density at radius 2 is 1.71 bits per heavy atom. The standard InChI is InChI=1S/C22H21Cl2F3N2O.ClH/c23-17-6-5-16(22(25,26)27)20(24)19(17)21(30)28-12-14-1-3-15(4-2-14)18-11-13-7-9-29(18)10-8-13;/h1-6,13,18H,7-12H2,(H,28,30);1H. The minimum Gasteiger partial charge on any atom is -0.348 e. The van der Waals surface area contributed by atoms with Crippen LogP contribution >= 0.6 is 35.6 Å². The van der Waals surface area contributed by atoms with Crippen molar-refractivity contribution in [3.05, 3.63) is 68.7 Å². The van der Waals surface area contributed by atoms with E-state index in [1.54, 1.807) is 0 Å². The summed E-state index contributed by atoms with van der Waals surface area (Å²) in [6.45, 7) is 2.45. The van der Waals surface area contributed by atoms with E-state index < -0.39 is 22.7 Å². The summed E-state index contributed by atoms with van der Waals surface area (Å²) < 4.78 is 39.2. The second kappa shape index (κ2) is 9.57. The number of benzene rings is 2. The third-order valence-electron chi connectivity index (χ3n) is 6.09. The van der Waals surface area contributed by atoms with Gasteiger partial charge in [0.1, 0.15) is 0 Å². The summed E-state index contributed by atoms with van der Waals surface area (Å²) in [7, 11) is 0. The van der Waals surface area contributed by atoms with Gasteiger partial charge in [-0.05, 0) is 61.5 Å². The third kappa shape index (κ3) is 5.14. The lowest BCUT2D eigenvalue weighted by molar-refractivity contribution is -0.137. The molecule has 0 saturated carbocycles. The van der Waals surface area contributed by atoms with Crippen molar-refractivity contribution in [3.63, 3.8) is 0 Å². The Balaban J connectivity index is 0.00000272. The highest BCUT2D eigenvalue weighted by Gasteiger charge is 2.36. The number of hydrogen-bond acceptors (Lipinski definition) is 2. The summed E-state index contributed by atoms with van der Waals surface area (Å²) in [5, 5.41) is 1.80. The number of piperidine rings is 3. The number of nitrogens with zero attached hydrogens (tertiary/aromatic N) is 1. The van der Waals surface area contributed by atoms with E-state index in [0.717, 1.165) is 36.7 Å². The van der Waals surface area contributed by atoms with E-state index in [0.29, 0.717) is 6.04 Å². The van der Waals surface area contributed by atoms with Crippen LogP contribution in [0.25, 0.3) is 0 Å². The number of amides is 1. The minimum atomic E-state index is -4.67. The van der Waals surface area contributed by atoms with E-state index >= 15 is 0 Å². The van der Waals surface area contributed by atoms with Gasteiger partial charge in [0.05, 0.1) is 21.2 Å². The van der Waals surface area contributed by atoms with Gasteiger partial charge in [-0.15, -0.1) is 12.4 Å². The fourth-order valence-corrected chi connectivity index (χ4v) is 5.07. The van der Waals surface area contributed by atoms with Crippen molar-refractivity contribution in [1.29, 1.82) is 0 Å². The predicted octanol–water partition coefficient (Wildman–Crippen LogP) is 6.52. The number of nitrogens with one attached hydrogen (secondary N) is 1. The number of hydrogen-bond donors (Lipinski definition) is 1. The number of carbonyl (C=O) groups excluding carboxylic acids is 1. The lowest BCUT2D eigenvalue weighted by atomic mass is 9.81. The SMILES string of the molecule is Cl.O=C(NCc1ccc(C2CC3CCN2CC3)cc1)c1c(Cl)ccc(C(F)(F)F)c1Cl. The molecule has 0 aliphatic carbocycles. The normalized spacial score (nSPS) is 22.7. The molecule has 1 amide bonds. The van der Waals surface area contributed by atoms with Crippen molar-refractivity contribution in [1.82, 2.24) is 10.2 Å². The molecule has 2 aromatic rings. The van der Waals surface area contributed by atoms with Crippen LogP contribution in [-0.2, 0) is 12.7 Å². The van der Waals surface area contributed by atoms with Gasteiger partial charge in [-0.3, -0.25) is 9.69 Å². The first-order valence-corrected chi connectivity index (χ1v) is 10.7. The van der Waals surface area contributed by atoms with Gasteiger partial charge in [-0.1, -0.05) is 47.5 Å². The molecule has 3 aliphatic rings. The molecule has 5 rings (SSSR count). The monoisotopic (exact) mass is 492 g/mol. The first-order chi connectivity index (χ1) is 14.2. The molecule has 1 N–H and O–H groups in total. The Hall–Kier alpha value is -1.47. The van der Waals surface area contributed by atoms with Gasteiger partial charge < -0.3 is 5.32 Å². The van der Waals surface area contributed by atoms with E-state index in [9.17, 15) is 18.0 Å². The first kappa shape index (κ1) is 24.2. The van der Waals surface area contributed by atoms with Crippen molar-refractivity contribution in [2.75, 3.05) is 13.1 Å². The quantitative estimate of drug-likeness (QED) is 0.526. The molecule has 0 aromatic heterocycles. The Bertz CT molecular complexity index is 942. The fourth-order valence-electron chi connectivity index (χ4n) is 4.42. The third-order valence-corrected chi connectivity index (χ3v) is 6.80. The van der Waals surface area contributed by atoms with Gasteiger partial charge >= 0.3 is 6.18 Å². The molecule has 0 spiro atoms. The van der Waals surface area contributed by atoms with Gasteiger partial charge in [-0.25, -0.2) is 0 Å². The van der Waals surface area contributed by atoms with Crippen molar-refractivity contribution in [2.24, 2.45) is 5.92 Å². The number of fused-ring (bicyclic) bond motifs is 3. The number of rotatable bonds is 4. The Kier molecular flexibility index (Phi) is 7.47. The Morgan fingerprint density at radius 3 is 2.26 bits per heavy atom. The van der Waals surface area contributed by atoms with Crippen LogP contribution in [0.5, 0.6) is 0 Å². The summed E-state index contributed by atoms with van der Waals surface area (Å²) >= 11 is 11.8. The van der Waals surface area contributed by atoms with Crippen molar-refractivity contribution in [2.45, 2.75) is 38.0 Å². The number of alkyl halides is 3. The zero-order valence-electron chi connectivity index (χ0n) is 16.5. The van der Waals surface area contributed by atoms with Gasteiger partial charge in [0.25, 0.3) is 5.91 Å². The minimum absolute atomic E-state index is 0. The summed E-state index contributed by atoms with van der Waals surface area (Å²) in [4.78, 5) is 15.0. The molecule has 1 atom stereocenters. The fraction of sp³-hybridized carbons (Fsp3) is 0.409. The molecule has 2 aromatic carbocycles. The van der Waals surface area contributed by atoms with E-state index in [-0.39, 0.29) is 29.5 Å². The van der Waals surface area contributed by atoms with E-state index in [1.165, 1.54) is 24.8 Å². The van der Waals surface area contributed by atoms with Gasteiger partial charge in [0, 0.05) is 12.6 Å². The van der Waals surface area contributed by atoms with E-state index in [1.807, 2.05) is 12.1 Å². The molecule has 3 aliphatic heterocycles. The highest BCUT2D eigenvalue weighted by Crippen LogP contribution is 2.41. The highest BCUT2D eigenvalue weighted by molar-refractivity contribution is 6.40. The van der Waals surface area contributed by atoms with E-state index in [2.05, 4.69) is 22.3 Å². The average molecular weight is 494 g/mol. The summed E-state index contributed by atoms with van der Waals surface area (Å²) in [6.07, 6.45) is -0.924. The molecule has 3 saturated heterocycles. The van der Waals surface area contributed by atoms with Crippen LogP contribution < -0.4 is 5.32 Å². The van der Waals surface area contributed by atoms with Crippen molar-refractivity contribution >= 4 is 41.5 Å². The molecule has 0 radical (unpaired) electrons. The second-order valence-corrected chi connectivity index (χ2v) is 8.72. The van der Waals surface area contributed by atoms with Gasteiger partial charge in [0.15, 0.2) is 0 Å². The van der Waals surface area contributed by atoms with Crippen molar-refractivity contribution < 1.29 is 18.0 Å². The van der Waals surface area contributed by atoms with Gasteiger partial charge in [0.2, 0.25) is 0 Å². The maximum absolute atomic E-state index is 13.1. The maximum atomic E-state index is 13.1. The molecular formula is C22H22Cl3F3N2O.